The highest BCUT2D eigenvalue weighted by atomic mass is 19.1. The highest BCUT2D eigenvalue weighted by Gasteiger charge is 2.26. The van der Waals surface area contributed by atoms with Crippen molar-refractivity contribution >= 4 is 0 Å². The van der Waals surface area contributed by atoms with Crippen molar-refractivity contribution in [3.8, 4) is 22.6 Å². The van der Waals surface area contributed by atoms with E-state index in [9.17, 15) is 13.2 Å². The molecule has 33 heavy (non-hydrogen) atoms. The standard InChI is InChI=1S/C27H35F3O3/c1-4-7-18-8-9-24(33-17-18)19-14-25(31-10-5-2)27(26(15-19)32-11-6-3)20-12-22(29)21(16-28)23(30)13-20/h12-15,18,24H,4-11,16-17H2,1-3H3/t18-,24?/m1/s1. The Morgan fingerprint density at radius 2 is 1.48 bits per heavy atom. The molecule has 1 unspecified atom stereocenters. The van der Waals surface area contributed by atoms with Gasteiger partial charge in [0.15, 0.2) is 0 Å². The minimum atomic E-state index is -1.20. The minimum absolute atomic E-state index is 0.0810. The third-order valence-electron chi connectivity index (χ3n) is 6.01. The molecule has 0 aromatic heterocycles. The van der Waals surface area contributed by atoms with Gasteiger partial charge in [-0.05, 0) is 73.4 Å². The van der Waals surface area contributed by atoms with Gasteiger partial charge < -0.3 is 14.2 Å². The molecule has 0 bridgehead atoms. The third kappa shape index (κ3) is 6.23. The lowest BCUT2D eigenvalue weighted by molar-refractivity contribution is -0.0196. The Bertz CT molecular complexity index is 855. The van der Waals surface area contributed by atoms with Crippen LogP contribution in [0.2, 0.25) is 0 Å². The van der Waals surface area contributed by atoms with Gasteiger partial charge in [0.05, 0.1) is 37.1 Å². The van der Waals surface area contributed by atoms with E-state index in [4.69, 9.17) is 14.2 Å². The molecule has 3 nitrogen and oxygen atoms in total. The Morgan fingerprint density at radius 1 is 0.879 bits per heavy atom. The molecule has 0 amide bonds. The van der Waals surface area contributed by atoms with E-state index in [0.717, 1.165) is 62.8 Å². The van der Waals surface area contributed by atoms with Crippen LogP contribution in [0.5, 0.6) is 11.5 Å². The van der Waals surface area contributed by atoms with Crippen LogP contribution < -0.4 is 9.47 Å². The summed E-state index contributed by atoms with van der Waals surface area (Å²) >= 11 is 0. The van der Waals surface area contributed by atoms with E-state index in [2.05, 4.69) is 6.92 Å². The van der Waals surface area contributed by atoms with Gasteiger partial charge in [-0.2, -0.15) is 0 Å². The van der Waals surface area contributed by atoms with Gasteiger partial charge in [-0.1, -0.05) is 27.2 Å². The maximum Gasteiger partial charge on any atom is 0.132 e. The normalized spacial score (nSPS) is 18.4. The van der Waals surface area contributed by atoms with Crippen molar-refractivity contribution in [3.63, 3.8) is 0 Å². The lowest BCUT2D eigenvalue weighted by Crippen LogP contribution is -2.20. The van der Waals surface area contributed by atoms with Gasteiger partial charge in [-0.25, -0.2) is 13.2 Å². The molecule has 2 aromatic rings. The fourth-order valence-corrected chi connectivity index (χ4v) is 4.31. The second-order valence-electron chi connectivity index (χ2n) is 8.70. The van der Waals surface area contributed by atoms with Gasteiger partial charge in [0.25, 0.3) is 0 Å². The average Bonchev–Trinajstić information content (AvgIpc) is 2.81. The second kappa shape index (κ2) is 12.3. The van der Waals surface area contributed by atoms with Crippen molar-refractivity contribution < 1.29 is 27.4 Å². The van der Waals surface area contributed by atoms with Crippen LogP contribution in [0.3, 0.4) is 0 Å². The van der Waals surface area contributed by atoms with Crippen LogP contribution in [-0.2, 0) is 11.4 Å². The molecule has 2 atom stereocenters. The smallest absolute Gasteiger partial charge is 0.132 e. The van der Waals surface area contributed by atoms with E-state index in [-0.39, 0.29) is 11.7 Å². The third-order valence-corrected chi connectivity index (χ3v) is 6.01. The Hall–Kier alpha value is -2.21. The summed E-state index contributed by atoms with van der Waals surface area (Å²) < 4.78 is 60.2. The van der Waals surface area contributed by atoms with Crippen molar-refractivity contribution in [3.05, 3.63) is 47.0 Å². The number of rotatable bonds is 11. The molecule has 1 aliphatic rings. The maximum absolute atomic E-state index is 14.5. The molecular weight excluding hydrogens is 429 g/mol. The number of benzene rings is 2. The predicted molar refractivity (Wildman–Crippen MR) is 125 cm³/mol. The largest absolute Gasteiger partial charge is 0.493 e. The van der Waals surface area contributed by atoms with Gasteiger partial charge in [0.2, 0.25) is 0 Å². The van der Waals surface area contributed by atoms with Crippen LogP contribution in [0.15, 0.2) is 24.3 Å². The lowest BCUT2D eigenvalue weighted by atomic mass is 9.90. The monoisotopic (exact) mass is 464 g/mol. The Balaban J connectivity index is 2.06. The first-order valence-corrected chi connectivity index (χ1v) is 12.1. The van der Waals surface area contributed by atoms with Gasteiger partial charge in [0.1, 0.15) is 29.8 Å². The summed E-state index contributed by atoms with van der Waals surface area (Å²) in [5, 5.41) is 0. The molecule has 2 aromatic carbocycles. The molecule has 0 radical (unpaired) electrons. The molecule has 0 N–H and O–H groups in total. The Morgan fingerprint density at radius 3 is 1.94 bits per heavy atom. The highest BCUT2D eigenvalue weighted by molar-refractivity contribution is 5.78. The topological polar surface area (TPSA) is 27.7 Å². The van der Waals surface area contributed by atoms with Gasteiger partial charge >= 0.3 is 0 Å². The van der Waals surface area contributed by atoms with Crippen molar-refractivity contribution in [2.45, 2.75) is 72.1 Å². The van der Waals surface area contributed by atoms with E-state index >= 15 is 0 Å². The zero-order chi connectivity index (χ0) is 23.8. The van der Waals surface area contributed by atoms with Crippen molar-refractivity contribution in [1.29, 1.82) is 0 Å². The molecule has 0 spiro atoms. The number of hydrogen-bond donors (Lipinski definition) is 0. The van der Waals surface area contributed by atoms with Crippen molar-refractivity contribution in [1.82, 2.24) is 0 Å². The number of halogens is 3. The summed E-state index contributed by atoms with van der Waals surface area (Å²) in [4.78, 5) is 0. The number of alkyl halides is 1. The van der Waals surface area contributed by atoms with Crippen LogP contribution in [-0.4, -0.2) is 19.8 Å². The lowest BCUT2D eigenvalue weighted by Gasteiger charge is -2.30. The summed E-state index contributed by atoms with van der Waals surface area (Å²) in [7, 11) is 0. The fourth-order valence-electron chi connectivity index (χ4n) is 4.31. The molecule has 0 aliphatic carbocycles. The second-order valence-corrected chi connectivity index (χ2v) is 8.70. The molecule has 6 heteroatoms. The van der Waals surface area contributed by atoms with E-state index in [1.807, 2.05) is 26.0 Å². The molecule has 1 heterocycles. The summed E-state index contributed by atoms with van der Waals surface area (Å²) in [6.45, 7) is 6.58. The molecule has 3 rings (SSSR count). The molecule has 0 saturated carbocycles. The SMILES string of the molecule is CCCOc1cc(C2CC[C@@H](CCC)CO2)cc(OCCC)c1-c1cc(F)c(CF)c(F)c1. The molecular formula is C27H35F3O3. The van der Waals surface area contributed by atoms with Crippen molar-refractivity contribution in [2.75, 3.05) is 19.8 Å². The first kappa shape index (κ1) is 25.4. The molecule has 182 valence electrons. The maximum atomic E-state index is 14.5. The van der Waals surface area contributed by atoms with Crippen molar-refractivity contribution in [2.24, 2.45) is 5.92 Å². The highest BCUT2D eigenvalue weighted by Crippen LogP contribution is 2.44. The predicted octanol–water partition coefficient (Wildman–Crippen LogP) is 7.95. The van der Waals surface area contributed by atoms with E-state index in [0.29, 0.717) is 36.2 Å². The zero-order valence-electron chi connectivity index (χ0n) is 19.9. The van der Waals surface area contributed by atoms with Crippen LogP contribution in [0.1, 0.15) is 76.5 Å². The minimum Gasteiger partial charge on any atom is -0.493 e. The van der Waals surface area contributed by atoms with E-state index in [1.54, 1.807) is 0 Å². The van der Waals surface area contributed by atoms with Crippen LogP contribution in [0.25, 0.3) is 11.1 Å². The Kier molecular flexibility index (Phi) is 9.48. The summed E-state index contributed by atoms with van der Waals surface area (Å²) in [6, 6.07) is 6.09. The summed E-state index contributed by atoms with van der Waals surface area (Å²) in [5.41, 5.74) is 1.11. The van der Waals surface area contributed by atoms with Crippen LogP contribution in [0, 0.1) is 17.6 Å². The van der Waals surface area contributed by atoms with Crippen LogP contribution >= 0.6 is 0 Å². The number of ether oxygens (including phenoxy) is 3. The number of hydrogen-bond acceptors (Lipinski definition) is 3. The Labute approximate surface area is 195 Å². The van der Waals surface area contributed by atoms with Gasteiger partial charge in [0, 0.05) is 0 Å². The first-order valence-electron chi connectivity index (χ1n) is 12.1. The quantitative estimate of drug-likeness (QED) is 0.338. The van der Waals surface area contributed by atoms with E-state index in [1.165, 1.54) is 0 Å². The molecule has 1 fully saturated rings. The van der Waals surface area contributed by atoms with Gasteiger partial charge in [-0.3, -0.25) is 0 Å². The van der Waals surface area contributed by atoms with Gasteiger partial charge in [-0.15, -0.1) is 0 Å². The molecule has 1 aliphatic heterocycles. The molecule has 1 saturated heterocycles. The fraction of sp³-hybridized carbons (Fsp3) is 0.556. The summed E-state index contributed by atoms with van der Waals surface area (Å²) in [6.07, 6.45) is 5.77. The van der Waals surface area contributed by atoms with E-state index < -0.39 is 23.9 Å². The first-order chi connectivity index (χ1) is 16.0. The zero-order valence-corrected chi connectivity index (χ0v) is 19.9. The summed E-state index contributed by atoms with van der Waals surface area (Å²) in [5.74, 6) is -0.274. The van der Waals surface area contributed by atoms with Crippen LogP contribution in [0.4, 0.5) is 13.2 Å². The average molecular weight is 465 g/mol.